The van der Waals surface area contributed by atoms with Gasteiger partial charge in [0.05, 0.1) is 17.5 Å². The standard InChI is InChI=1S/C22H19N3O2S/c1-2-25(16-9-4-3-5-10-16)20(26)15-28-22-17-11-6-7-12-18(17)23-21(24-22)19-13-8-14-27-19/h3-14H,2,15H2,1H3. The predicted molar refractivity (Wildman–Crippen MR) is 112 cm³/mol. The second-order valence-corrected chi connectivity index (χ2v) is 7.07. The van der Waals surface area contributed by atoms with Crippen molar-refractivity contribution in [2.45, 2.75) is 11.9 Å². The molecule has 0 aliphatic heterocycles. The van der Waals surface area contributed by atoms with Crippen LogP contribution in [0.3, 0.4) is 0 Å². The molecule has 0 aliphatic carbocycles. The molecule has 140 valence electrons. The van der Waals surface area contributed by atoms with Crippen LogP contribution in [0.2, 0.25) is 0 Å². The quantitative estimate of drug-likeness (QED) is 0.342. The number of carbonyl (C=O) groups is 1. The van der Waals surface area contributed by atoms with E-state index in [1.54, 1.807) is 11.2 Å². The number of benzene rings is 2. The van der Waals surface area contributed by atoms with Gasteiger partial charge in [0.15, 0.2) is 11.6 Å². The topological polar surface area (TPSA) is 59.2 Å². The first-order chi connectivity index (χ1) is 13.8. The van der Waals surface area contributed by atoms with E-state index in [2.05, 4.69) is 9.97 Å². The first-order valence-electron chi connectivity index (χ1n) is 9.05. The fourth-order valence-corrected chi connectivity index (χ4v) is 3.89. The maximum atomic E-state index is 12.8. The van der Waals surface area contributed by atoms with Crippen molar-refractivity contribution in [3.63, 3.8) is 0 Å². The van der Waals surface area contributed by atoms with Crippen LogP contribution in [0.25, 0.3) is 22.5 Å². The Balaban J connectivity index is 1.61. The molecular weight excluding hydrogens is 370 g/mol. The number of thioether (sulfide) groups is 1. The molecule has 0 aliphatic rings. The van der Waals surface area contributed by atoms with Gasteiger partial charge in [-0.05, 0) is 37.3 Å². The third kappa shape index (κ3) is 3.77. The van der Waals surface area contributed by atoms with Gasteiger partial charge < -0.3 is 9.32 Å². The molecule has 2 heterocycles. The van der Waals surface area contributed by atoms with Crippen molar-refractivity contribution in [2.24, 2.45) is 0 Å². The van der Waals surface area contributed by atoms with E-state index in [9.17, 15) is 4.79 Å². The highest BCUT2D eigenvalue weighted by atomic mass is 32.2. The fourth-order valence-electron chi connectivity index (χ4n) is 2.99. The van der Waals surface area contributed by atoms with Crippen LogP contribution in [0.4, 0.5) is 5.69 Å². The predicted octanol–water partition coefficient (Wildman–Crippen LogP) is 5.04. The number of amides is 1. The largest absolute Gasteiger partial charge is 0.461 e. The maximum Gasteiger partial charge on any atom is 0.237 e. The first-order valence-corrected chi connectivity index (χ1v) is 10.0. The number of para-hydroxylation sites is 2. The van der Waals surface area contributed by atoms with Crippen LogP contribution in [-0.4, -0.2) is 28.2 Å². The number of hydrogen-bond donors (Lipinski definition) is 0. The van der Waals surface area contributed by atoms with E-state index in [0.29, 0.717) is 23.9 Å². The van der Waals surface area contributed by atoms with Gasteiger partial charge in [0.25, 0.3) is 0 Å². The van der Waals surface area contributed by atoms with Gasteiger partial charge in [-0.2, -0.15) is 0 Å². The monoisotopic (exact) mass is 389 g/mol. The minimum Gasteiger partial charge on any atom is -0.461 e. The van der Waals surface area contributed by atoms with E-state index < -0.39 is 0 Å². The normalized spacial score (nSPS) is 10.9. The molecule has 0 saturated carbocycles. The van der Waals surface area contributed by atoms with Crippen LogP contribution in [0.1, 0.15) is 6.92 Å². The molecule has 4 aromatic rings. The lowest BCUT2D eigenvalue weighted by atomic mass is 10.2. The van der Waals surface area contributed by atoms with Crippen molar-refractivity contribution >= 4 is 34.3 Å². The Bertz CT molecular complexity index is 1080. The molecule has 2 aromatic heterocycles. The average molecular weight is 389 g/mol. The Labute approximate surface area is 167 Å². The Morgan fingerprint density at radius 1 is 1.00 bits per heavy atom. The SMILES string of the molecule is CCN(C(=O)CSc1nc(-c2ccco2)nc2ccccc12)c1ccccc1. The summed E-state index contributed by atoms with van der Waals surface area (Å²) in [7, 11) is 0. The summed E-state index contributed by atoms with van der Waals surface area (Å²) in [4.78, 5) is 23.9. The second kappa shape index (κ2) is 8.27. The molecule has 0 atom stereocenters. The molecule has 4 rings (SSSR count). The summed E-state index contributed by atoms with van der Waals surface area (Å²) in [6, 6.07) is 21.2. The van der Waals surface area contributed by atoms with Gasteiger partial charge in [-0.3, -0.25) is 4.79 Å². The molecule has 28 heavy (non-hydrogen) atoms. The summed E-state index contributed by atoms with van der Waals surface area (Å²) < 4.78 is 5.45. The summed E-state index contributed by atoms with van der Waals surface area (Å²) in [5.74, 6) is 1.47. The van der Waals surface area contributed by atoms with Gasteiger partial charge in [-0.25, -0.2) is 9.97 Å². The van der Waals surface area contributed by atoms with Crippen LogP contribution in [0, 0.1) is 0 Å². The van der Waals surface area contributed by atoms with Crippen molar-refractivity contribution in [3.8, 4) is 11.6 Å². The minimum absolute atomic E-state index is 0.0425. The number of nitrogens with zero attached hydrogens (tertiary/aromatic N) is 3. The zero-order chi connectivity index (χ0) is 19.3. The van der Waals surface area contributed by atoms with Gasteiger partial charge in [-0.1, -0.05) is 48.2 Å². The van der Waals surface area contributed by atoms with Crippen molar-refractivity contribution in [2.75, 3.05) is 17.2 Å². The molecule has 0 N–H and O–H groups in total. The van der Waals surface area contributed by atoms with Gasteiger partial charge >= 0.3 is 0 Å². The van der Waals surface area contributed by atoms with Crippen molar-refractivity contribution in [3.05, 3.63) is 73.0 Å². The highest BCUT2D eigenvalue weighted by Gasteiger charge is 2.17. The fraction of sp³-hybridized carbons (Fsp3) is 0.136. The molecule has 0 radical (unpaired) electrons. The number of aromatic nitrogens is 2. The van der Waals surface area contributed by atoms with E-state index in [1.807, 2.05) is 73.7 Å². The van der Waals surface area contributed by atoms with E-state index in [0.717, 1.165) is 21.6 Å². The van der Waals surface area contributed by atoms with Gasteiger partial charge in [0.1, 0.15) is 5.03 Å². The van der Waals surface area contributed by atoms with E-state index >= 15 is 0 Å². The lowest BCUT2D eigenvalue weighted by Gasteiger charge is -2.20. The lowest BCUT2D eigenvalue weighted by molar-refractivity contribution is -0.116. The zero-order valence-electron chi connectivity index (χ0n) is 15.4. The van der Waals surface area contributed by atoms with Crippen LogP contribution < -0.4 is 4.90 Å². The summed E-state index contributed by atoms with van der Waals surface area (Å²) in [6.45, 7) is 2.59. The molecule has 2 aromatic carbocycles. The molecule has 5 nitrogen and oxygen atoms in total. The van der Waals surface area contributed by atoms with E-state index in [4.69, 9.17) is 4.42 Å². The van der Waals surface area contributed by atoms with Crippen LogP contribution in [-0.2, 0) is 4.79 Å². The first kappa shape index (κ1) is 18.3. The Kier molecular flexibility index (Phi) is 5.39. The van der Waals surface area contributed by atoms with Crippen LogP contribution >= 0.6 is 11.8 Å². The molecule has 0 bridgehead atoms. The number of carbonyl (C=O) groups excluding carboxylic acids is 1. The van der Waals surface area contributed by atoms with Crippen molar-refractivity contribution < 1.29 is 9.21 Å². The molecular formula is C22H19N3O2S. The number of fused-ring (bicyclic) bond motifs is 1. The van der Waals surface area contributed by atoms with E-state index in [1.165, 1.54) is 11.8 Å². The number of rotatable bonds is 6. The minimum atomic E-state index is 0.0425. The number of anilines is 1. The van der Waals surface area contributed by atoms with Gasteiger partial charge in [-0.15, -0.1) is 0 Å². The Morgan fingerprint density at radius 3 is 2.54 bits per heavy atom. The molecule has 6 heteroatoms. The Morgan fingerprint density at radius 2 is 1.79 bits per heavy atom. The molecule has 0 fully saturated rings. The molecule has 1 amide bonds. The molecule has 0 unspecified atom stereocenters. The Hall–Kier alpha value is -3.12. The average Bonchev–Trinajstić information content (AvgIpc) is 3.28. The maximum absolute atomic E-state index is 12.8. The van der Waals surface area contributed by atoms with Crippen molar-refractivity contribution in [1.29, 1.82) is 0 Å². The summed E-state index contributed by atoms with van der Waals surface area (Å²) in [6.07, 6.45) is 1.60. The smallest absolute Gasteiger partial charge is 0.237 e. The second-order valence-electron chi connectivity index (χ2n) is 6.11. The van der Waals surface area contributed by atoms with Crippen LogP contribution in [0.15, 0.2) is 82.4 Å². The third-order valence-corrected chi connectivity index (χ3v) is 5.30. The highest BCUT2D eigenvalue weighted by Crippen LogP contribution is 2.29. The number of hydrogen-bond acceptors (Lipinski definition) is 5. The van der Waals surface area contributed by atoms with Gasteiger partial charge in [0.2, 0.25) is 5.91 Å². The van der Waals surface area contributed by atoms with E-state index in [-0.39, 0.29) is 5.91 Å². The summed E-state index contributed by atoms with van der Waals surface area (Å²) in [5, 5.41) is 1.70. The van der Waals surface area contributed by atoms with Gasteiger partial charge in [0, 0.05) is 17.6 Å². The number of furan rings is 1. The molecule has 0 spiro atoms. The summed E-state index contributed by atoms with van der Waals surface area (Å²) in [5.41, 5.74) is 1.73. The van der Waals surface area contributed by atoms with Crippen molar-refractivity contribution in [1.82, 2.24) is 9.97 Å². The zero-order valence-corrected chi connectivity index (χ0v) is 16.2. The van der Waals surface area contributed by atoms with Crippen LogP contribution in [0.5, 0.6) is 0 Å². The molecule has 0 saturated heterocycles. The lowest BCUT2D eigenvalue weighted by Crippen LogP contribution is -2.32. The summed E-state index contributed by atoms with van der Waals surface area (Å²) >= 11 is 1.42. The highest BCUT2D eigenvalue weighted by molar-refractivity contribution is 8.00. The third-order valence-electron chi connectivity index (χ3n) is 4.33.